The smallest absolute Gasteiger partial charge is 0.271 e. The lowest BCUT2D eigenvalue weighted by molar-refractivity contribution is -0.384. The molecule has 18 heavy (non-hydrogen) atoms. The van der Waals surface area contributed by atoms with E-state index in [0.29, 0.717) is 0 Å². The van der Waals surface area contributed by atoms with E-state index in [1.54, 1.807) is 12.1 Å². The van der Waals surface area contributed by atoms with Gasteiger partial charge in [0, 0.05) is 24.4 Å². The van der Waals surface area contributed by atoms with Crippen molar-refractivity contribution in [2.75, 3.05) is 25.0 Å². The van der Waals surface area contributed by atoms with Crippen LogP contribution in [0.3, 0.4) is 0 Å². The molecular weight excluding hydrogens is 230 g/mol. The summed E-state index contributed by atoms with van der Waals surface area (Å²) in [4.78, 5) is 10.3. The van der Waals surface area contributed by atoms with Crippen LogP contribution in [0, 0.1) is 15.5 Å². The number of non-ortho nitro benzene ring substituents is 1. The Balaban J connectivity index is 1.97. The second-order valence-electron chi connectivity index (χ2n) is 5.22. The summed E-state index contributed by atoms with van der Waals surface area (Å²) in [6, 6.07) is 6.69. The van der Waals surface area contributed by atoms with E-state index in [9.17, 15) is 10.1 Å². The van der Waals surface area contributed by atoms with Crippen molar-refractivity contribution in [3.8, 4) is 0 Å². The number of hydrogen-bond acceptors (Lipinski definition) is 4. The molecule has 1 aromatic carbocycles. The first-order valence-electron chi connectivity index (χ1n) is 6.28. The number of anilines is 1. The molecule has 1 aliphatic rings. The van der Waals surface area contributed by atoms with Crippen LogP contribution in [0.4, 0.5) is 11.4 Å². The van der Waals surface area contributed by atoms with E-state index in [-0.39, 0.29) is 16.0 Å². The van der Waals surface area contributed by atoms with E-state index in [1.807, 2.05) is 6.07 Å². The van der Waals surface area contributed by atoms with Crippen LogP contribution in [-0.2, 0) is 0 Å². The Bertz CT molecular complexity index is 428. The molecule has 0 amide bonds. The molecule has 0 unspecified atom stereocenters. The Kier molecular flexibility index (Phi) is 3.81. The summed E-state index contributed by atoms with van der Waals surface area (Å²) >= 11 is 0. The van der Waals surface area contributed by atoms with Gasteiger partial charge >= 0.3 is 0 Å². The number of nitro groups is 1. The van der Waals surface area contributed by atoms with E-state index in [4.69, 9.17) is 0 Å². The molecule has 0 aromatic heterocycles. The van der Waals surface area contributed by atoms with Crippen LogP contribution in [0.1, 0.15) is 19.8 Å². The summed E-state index contributed by atoms with van der Waals surface area (Å²) in [6.45, 7) is 5.22. The van der Waals surface area contributed by atoms with Crippen LogP contribution >= 0.6 is 0 Å². The van der Waals surface area contributed by atoms with Gasteiger partial charge in [0.2, 0.25) is 0 Å². The van der Waals surface area contributed by atoms with E-state index in [0.717, 1.165) is 38.2 Å². The van der Waals surface area contributed by atoms with Gasteiger partial charge in [-0.05, 0) is 37.4 Å². The summed E-state index contributed by atoms with van der Waals surface area (Å²) in [5, 5.41) is 17.4. The van der Waals surface area contributed by atoms with E-state index >= 15 is 0 Å². The molecule has 1 aromatic rings. The van der Waals surface area contributed by atoms with E-state index in [2.05, 4.69) is 17.6 Å². The average Bonchev–Trinajstić information content (AvgIpc) is 2.38. The zero-order valence-electron chi connectivity index (χ0n) is 10.6. The highest BCUT2D eigenvalue weighted by Gasteiger charge is 2.26. The van der Waals surface area contributed by atoms with Gasteiger partial charge in [0.25, 0.3) is 5.69 Å². The molecule has 0 spiro atoms. The van der Waals surface area contributed by atoms with Crippen molar-refractivity contribution in [2.45, 2.75) is 19.8 Å². The lowest BCUT2D eigenvalue weighted by Gasteiger charge is -2.34. The first-order valence-corrected chi connectivity index (χ1v) is 6.28. The fraction of sp³-hybridized carbons (Fsp3) is 0.538. The Hall–Kier alpha value is -1.62. The second-order valence-corrected chi connectivity index (χ2v) is 5.22. The van der Waals surface area contributed by atoms with Crippen molar-refractivity contribution < 1.29 is 4.92 Å². The average molecular weight is 249 g/mol. The van der Waals surface area contributed by atoms with Gasteiger partial charge in [-0.2, -0.15) is 0 Å². The number of hydrogen-bond donors (Lipinski definition) is 2. The fourth-order valence-corrected chi connectivity index (χ4v) is 2.25. The molecule has 2 rings (SSSR count). The SMILES string of the molecule is CC1(CNc2cccc([N+](=O)[O-])c2)CCNCC1. The molecule has 0 bridgehead atoms. The summed E-state index contributed by atoms with van der Waals surface area (Å²) < 4.78 is 0. The number of piperidine rings is 1. The van der Waals surface area contributed by atoms with Crippen molar-refractivity contribution in [3.05, 3.63) is 34.4 Å². The molecule has 1 fully saturated rings. The third-order valence-electron chi connectivity index (χ3n) is 3.59. The zero-order chi connectivity index (χ0) is 13.0. The molecule has 5 heteroatoms. The molecular formula is C13H19N3O2. The second kappa shape index (κ2) is 5.35. The quantitative estimate of drug-likeness (QED) is 0.635. The van der Waals surface area contributed by atoms with E-state index in [1.165, 1.54) is 6.07 Å². The normalized spacial score (nSPS) is 18.3. The van der Waals surface area contributed by atoms with Crippen molar-refractivity contribution in [1.82, 2.24) is 5.32 Å². The van der Waals surface area contributed by atoms with Gasteiger partial charge in [-0.25, -0.2) is 0 Å². The van der Waals surface area contributed by atoms with Gasteiger partial charge in [-0.3, -0.25) is 10.1 Å². The minimum atomic E-state index is -0.364. The molecule has 5 nitrogen and oxygen atoms in total. The highest BCUT2D eigenvalue weighted by atomic mass is 16.6. The number of nitro benzene ring substituents is 1. The standard InChI is InChI=1S/C13H19N3O2/c1-13(5-7-14-8-6-13)10-15-11-3-2-4-12(9-11)16(17)18/h2-4,9,14-15H,5-8,10H2,1H3. The van der Waals surface area contributed by atoms with Crippen LogP contribution < -0.4 is 10.6 Å². The van der Waals surface area contributed by atoms with Crippen LogP contribution in [0.2, 0.25) is 0 Å². The van der Waals surface area contributed by atoms with Gasteiger partial charge in [0.1, 0.15) is 0 Å². The Labute approximate surface area is 107 Å². The lowest BCUT2D eigenvalue weighted by Crippen LogP contribution is -2.39. The van der Waals surface area contributed by atoms with Gasteiger partial charge in [0.15, 0.2) is 0 Å². The molecule has 0 radical (unpaired) electrons. The number of nitrogens with one attached hydrogen (secondary N) is 2. The minimum absolute atomic E-state index is 0.135. The predicted octanol–water partition coefficient (Wildman–Crippen LogP) is 2.40. The number of rotatable bonds is 4. The highest BCUT2D eigenvalue weighted by Crippen LogP contribution is 2.28. The third kappa shape index (κ3) is 3.20. The maximum atomic E-state index is 10.7. The van der Waals surface area contributed by atoms with Crippen LogP contribution in [0.5, 0.6) is 0 Å². The fourth-order valence-electron chi connectivity index (χ4n) is 2.25. The topological polar surface area (TPSA) is 67.2 Å². The molecule has 0 saturated carbocycles. The monoisotopic (exact) mass is 249 g/mol. The Morgan fingerprint density at radius 3 is 2.83 bits per heavy atom. The summed E-state index contributed by atoms with van der Waals surface area (Å²) in [7, 11) is 0. The Morgan fingerprint density at radius 2 is 2.17 bits per heavy atom. The van der Waals surface area contributed by atoms with Crippen molar-refractivity contribution >= 4 is 11.4 Å². The molecule has 2 N–H and O–H groups in total. The zero-order valence-corrected chi connectivity index (χ0v) is 10.6. The van der Waals surface area contributed by atoms with Gasteiger partial charge in [0.05, 0.1) is 4.92 Å². The molecule has 1 aliphatic heterocycles. The lowest BCUT2D eigenvalue weighted by atomic mass is 9.81. The summed E-state index contributed by atoms with van der Waals surface area (Å²) in [6.07, 6.45) is 2.27. The summed E-state index contributed by atoms with van der Waals surface area (Å²) in [5.74, 6) is 0. The van der Waals surface area contributed by atoms with Crippen LogP contribution in [0.25, 0.3) is 0 Å². The van der Waals surface area contributed by atoms with E-state index < -0.39 is 0 Å². The minimum Gasteiger partial charge on any atom is -0.384 e. The molecule has 1 heterocycles. The number of nitrogens with zero attached hydrogens (tertiary/aromatic N) is 1. The first-order chi connectivity index (χ1) is 8.59. The largest absolute Gasteiger partial charge is 0.384 e. The van der Waals surface area contributed by atoms with Gasteiger partial charge < -0.3 is 10.6 Å². The molecule has 98 valence electrons. The summed E-state index contributed by atoms with van der Waals surface area (Å²) in [5.41, 5.74) is 1.23. The maximum Gasteiger partial charge on any atom is 0.271 e. The van der Waals surface area contributed by atoms with Gasteiger partial charge in [-0.1, -0.05) is 13.0 Å². The molecule has 0 atom stereocenters. The maximum absolute atomic E-state index is 10.7. The van der Waals surface area contributed by atoms with Crippen LogP contribution in [-0.4, -0.2) is 24.6 Å². The first kappa shape index (κ1) is 12.8. The molecule has 1 saturated heterocycles. The number of benzene rings is 1. The van der Waals surface area contributed by atoms with Crippen molar-refractivity contribution in [2.24, 2.45) is 5.41 Å². The third-order valence-corrected chi connectivity index (χ3v) is 3.59. The predicted molar refractivity (Wildman–Crippen MR) is 71.8 cm³/mol. The Morgan fingerprint density at radius 1 is 1.44 bits per heavy atom. The molecule has 0 aliphatic carbocycles. The van der Waals surface area contributed by atoms with Crippen molar-refractivity contribution in [3.63, 3.8) is 0 Å². The van der Waals surface area contributed by atoms with Crippen molar-refractivity contribution in [1.29, 1.82) is 0 Å². The van der Waals surface area contributed by atoms with Gasteiger partial charge in [-0.15, -0.1) is 0 Å². The van der Waals surface area contributed by atoms with Crippen LogP contribution in [0.15, 0.2) is 24.3 Å². The highest BCUT2D eigenvalue weighted by molar-refractivity contribution is 5.51.